The molecule has 3 aliphatic rings. The minimum Gasteiger partial charge on any atom is -0.467 e. The Morgan fingerprint density at radius 1 is 1.10 bits per heavy atom. The number of aliphatic imine (C=N–C) groups is 1. The fourth-order valence-corrected chi connectivity index (χ4v) is 4.74. The number of rotatable bonds is 3. The van der Waals surface area contributed by atoms with Crippen LogP contribution in [0.25, 0.3) is 0 Å². The van der Waals surface area contributed by atoms with Gasteiger partial charge in [-0.1, -0.05) is 18.2 Å². The van der Waals surface area contributed by atoms with Crippen molar-refractivity contribution in [1.29, 1.82) is 0 Å². The van der Waals surface area contributed by atoms with Crippen LogP contribution in [-0.4, -0.2) is 64.2 Å². The van der Waals surface area contributed by atoms with Crippen LogP contribution >= 0.6 is 0 Å². The standard InChI is InChI=1S/C20H21N3O6/c1-23-12-8-6-5-7-10(12)20-9-11(16(24)27-2)21-19(20)22-14(18(26)29-4)13(15(20)23)17(25)28-3/h5-8,11,15H,9H2,1-4H3,(H,21,22)/t11?,15?,20-/m0/s1. The zero-order valence-corrected chi connectivity index (χ0v) is 16.5. The number of para-hydroxylation sites is 1. The number of methoxy groups -OCH3 is 3. The van der Waals surface area contributed by atoms with E-state index in [1.165, 1.54) is 21.3 Å². The number of nitrogens with one attached hydrogen (secondary N) is 1. The van der Waals surface area contributed by atoms with Gasteiger partial charge in [0.1, 0.15) is 11.5 Å². The lowest BCUT2D eigenvalue weighted by Gasteiger charge is -2.41. The third-order valence-corrected chi connectivity index (χ3v) is 5.90. The molecule has 0 saturated carbocycles. The molecule has 9 heteroatoms. The lowest BCUT2D eigenvalue weighted by atomic mass is 9.68. The van der Waals surface area contributed by atoms with Gasteiger partial charge in [0, 0.05) is 12.7 Å². The maximum absolute atomic E-state index is 12.8. The van der Waals surface area contributed by atoms with E-state index in [9.17, 15) is 14.4 Å². The van der Waals surface area contributed by atoms with Crippen molar-refractivity contribution in [2.75, 3.05) is 33.3 Å². The van der Waals surface area contributed by atoms with Crippen molar-refractivity contribution in [2.45, 2.75) is 23.9 Å². The molecule has 2 unspecified atom stereocenters. The van der Waals surface area contributed by atoms with E-state index in [2.05, 4.69) is 10.3 Å². The minimum absolute atomic E-state index is 0.0381. The van der Waals surface area contributed by atoms with Crippen LogP contribution < -0.4 is 10.2 Å². The van der Waals surface area contributed by atoms with Crippen molar-refractivity contribution in [2.24, 2.45) is 4.99 Å². The lowest BCUT2D eigenvalue weighted by Crippen LogP contribution is -2.59. The highest BCUT2D eigenvalue weighted by molar-refractivity contribution is 6.14. The summed E-state index contributed by atoms with van der Waals surface area (Å²) in [6.07, 6.45) is 0.295. The molecule has 1 aromatic carbocycles. The summed E-state index contributed by atoms with van der Waals surface area (Å²) >= 11 is 0. The van der Waals surface area contributed by atoms with Gasteiger partial charge in [0.25, 0.3) is 0 Å². The summed E-state index contributed by atoms with van der Waals surface area (Å²) in [5.41, 5.74) is 1.07. The Morgan fingerprint density at radius 2 is 1.79 bits per heavy atom. The van der Waals surface area contributed by atoms with Crippen LogP contribution in [0.5, 0.6) is 0 Å². The first-order valence-electron chi connectivity index (χ1n) is 9.07. The molecule has 1 N–H and O–H groups in total. The Kier molecular flexibility index (Phi) is 4.33. The molecule has 3 heterocycles. The van der Waals surface area contributed by atoms with Gasteiger partial charge in [-0.15, -0.1) is 0 Å². The number of ether oxygens (including phenoxy) is 3. The molecule has 152 valence electrons. The van der Waals surface area contributed by atoms with Crippen molar-refractivity contribution in [3.8, 4) is 0 Å². The first kappa shape index (κ1) is 19.0. The van der Waals surface area contributed by atoms with E-state index in [-0.39, 0.29) is 11.3 Å². The average molecular weight is 399 g/mol. The molecule has 0 bridgehead atoms. The summed E-state index contributed by atoms with van der Waals surface area (Å²) in [4.78, 5) is 44.1. The molecule has 0 fully saturated rings. The first-order chi connectivity index (χ1) is 13.9. The highest BCUT2D eigenvalue weighted by Gasteiger charge is 2.63. The quantitative estimate of drug-likeness (QED) is 0.571. The maximum atomic E-state index is 12.8. The van der Waals surface area contributed by atoms with Gasteiger partial charge in [-0.25, -0.2) is 14.4 Å². The number of nitrogens with zero attached hydrogens (tertiary/aromatic N) is 2. The molecule has 1 aromatic rings. The van der Waals surface area contributed by atoms with Gasteiger partial charge in [0.15, 0.2) is 6.04 Å². The second kappa shape index (κ2) is 6.61. The van der Waals surface area contributed by atoms with Crippen molar-refractivity contribution < 1.29 is 28.6 Å². The number of anilines is 1. The number of amidine groups is 1. The molecule has 0 saturated heterocycles. The number of esters is 3. The number of likely N-dealkylation sites (N-methyl/N-ethyl adjacent to an activating group) is 1. The van der Waals surface area contributed by atoms with Gasteiger partial charge in [-0.3, -0.25) is 4.99 Å². The van der Waals surface area contributed by atoms with E-state index in [1.807, 2.05) is 36.2 Å². The summed E-state index contributed by atoms with van der Waals surface area (Å²) in [6, 6.07) is 6.29. The summed E-state index contributed by atoms with van der Waals surface area (Å²) in [5.74, 6) is -1.41. The summed E-state index contributed by atoms with van der Waals surface area (Å²) in [6.45, 7) is 0. The average Bonchev–Trinajstić information content (AvgIpc) is 3.26. The van der Waals surface area contributed by atoms with E-state index in [1.54, 1.807) is 0 Å². The van der Waals surface area contributed by atoms with Crippen molar-refractivity contribution in [1.82, 2.24) is 5.32 Å². The van der Waals surface area contributed by atoms with Crippen LogP contribution in [0.4, 0.5) is 5.69 Å². The van der Waals surface area contributed by atoms with E-state index >= 15 is 0 Å². The van der Waals surface area contributed by atoms with E-state index in [0.29, 0.717) is 12.3 Å². The largest absolute Gasteiger partial charge is 0.467 e. The second-order valence-corrected chi connectivity index (χ2v) is 7.12. The van der Waals surface area contributed by atoms with Crippen LogP contribution in [0.3, 0.4) is 0 Å². The van der Waals surface area contributed by atoms with Crippen LogP contribution in [0.15, 0.2) is 40.5 Å². The Hall–Kier alpha value is -3.36. The monoisotopic (exact) mass is 399 g/mol. The van der Waals surface area contributed by atoms with E-state index < -0.39 is 35.4 Å². The number of carbonyl (C=O) groups excluding carboxylic acids is 3. The summed E-state index contributed by atoms with van der Waals surface area (Å²) in [5, 5.41) is 2.98. The van der Waals surface area contributed by atoms with E-state index in [4.69, 9.17) is 14.2 Å². The smallest absolute Gasteiger partial charge is 0.355 e. The topological polar surface area (TPSA) is 107 Å². The Labute approximate surface area is 167 Å². The van der Waals surface area contributed by atoms with Crippen molar-refractivity contribution in [3.63, 3.8) is 0 Å². The summed E-state index contributed by atoms with van der Waals surface area (Å²) in [7, 11) is 5.63. The van der Waals surface area contributed by atoms with Crippen LogP contribution in [-0.2, 0) is 34.0 Å². The van der Waals surface area contributed by atoms with Crippen molar-refractivity contribution in [3.05, 3.63) is 41.1 Å². The highest BCUT2D eigenvalue weighted by atomic mass is 16.5. The highest BCUT2D eigenvalue weighted by Crippen LogP contribution is 2.55. The van der Waals surface area contributed by atoms with Gasteiger partial charge in [-0.2, -0.15) is 0 Å². The zero-order valence-electron chi connectivity index (χ0n) is 16.5. The van der Waals surface area contributed by atoms with E-state index in [0.717, 1.165) is 11.3 Å². The zero-order chi connectivity index (χ0) is 20.9. The third kappa shape index (κ3) is 2.39. The molecule has 3 atom stereocenters. The first-order valence-corrected chi connectivity index (χ1v) is 9.07. The van der Waals surface area contributed by atoms with Crippen LogP contribution in [0, 0.1) is 0 Å². The predicted molar refractivity (Wildman–Crippen MR) is 102 cm³/mol. The summed E-state index contributed by atoms with van der Waals surface area (Å²) < 4.78 is 14.8. The van der Waals surface area contributed by atoms with Gasteiger partial charge in [0.05, 0.1) is 38.4 Å². The van der Waals surface area contributed by atoms with Crippen LogP contribution in [0.1, 0.15) is 12.0 Å². The van der Waals surface area contributed by atoms with Gasteiger partial charge >= 0.3 is 17.9 Å². The van der Waals surface area contributed by atoms with Crippen LogP contribution in [0.2, 0.25) is 0 Å². The number of benzene rings is 1. The van der Waals surface area contributed by atoms with Gasteiger partial charge in [0.2, 0.25) is 0 Å². The predicted octanol–water partition coefficient (Wildman–Crippen LogP) is 0.290. The normalized spacial score (nSPS) is 26.6. The number of hydrogen-bond donors (Lipinski definition) is 1. The maximum Gasteiger partial charge on any atom is 0.355 e. The Bertz CT molecular complexity index is 984. The fourth-order valence-electron chi connectivity index (χ4n) is 4.74. The Morgan fingerprint density at radius 3 is 2.45 bits per heavy atom. The molecule has 0 aromatic heterocycles. The fraction of sp³-hybridized carbons (Fsp3) is 0.400. The number of hydrogen-bond acceptors (Lipinski definition) is 9. The molecule has 0 aliphatic carbocycles. The molecular weight excluding hydrogens is 378 g/mol. The molecule has 0 radical (unpaired) electrons. The van der Waals surface area contributed by atoms with Crippen molar-refractivity contribution >= 4 is 29.4 Å². The third-order valence-electron chi connectivity index (χ3n) is 5.90. The molecule has 4 rings (SSSR count). The minimum atomic E-state index is -0.828. The molecule has 1 spiro atoms. The number of carbonyl (C=O) groups is 3. The molecule has 3 aliphatic heterocycles. The number of fused-ring (bicyclic) bond motifs is 1. The SMILES string of the molecule is COC(=O)C1=C(C(=O)OC)C2N(C)c3ccccc3[C@@]23CC(C(=O)OC)N=C3N1. The Balaban J connectivity index is 2.00. The molecular formula is C20H21N3O6. The lowest BCUT2D eigenvalue weighted by molar-refractivity contribution is -0.142. The molecule has 9 nitrogen and oxygen atoms in total. The molecule has 29 heavy (non-hydrogen) atoms. The van der Waals surface area contributed by atoms with Gasteiger partial charge in [-0.05, 0) is 18.1 Å². The molecule has 0 amide bonds. The van der Waals surface area contributed by atoms with Gasteiger partial charge < -0.3 is 24.4 Å². The second-order valence-electron chi connectivity index (χ2n) is 7.12.